The van der Waals surface area contributed by atoms with Crippen LogP contribution in [0.4, 0.5) is 10.7 Å². The molecule has 0 unspecified atom stereocenters. The van der Waals surface area contributed by atoms with Crippen LogP contribution < -0.4 is 5.32 Å². The van der Waals surface area contributed by atoms with Crippen LogP contribution in [-0.2, 0) is 11.3 Å². The molecule has 156 valence electrons. The molecule has 1 saturated carbocycles. The Morgan fingerprint density at radius 3 is 2.70 bits per heavy atom. The van der Waals surface area contributed by atoms with Gasteiger partial charge in [0.15, 0.2) is 0 Å². The number of benzene rings is 2. The van der Waals surface area contributed by atoms with E-state index in [1.54, 1.807) is 4.90 Å². The van der Waals surface area contributed by atoms with Crippen LogP contribution in [0.3, 0.4) is 0 Å². The molecule has 3 aromatic rings. The number of hydrogen-bond acceptors (Lipinski definition) is 5. The van der Waals surface area contributed by atoms with E-state index in [1.165, 1.54) is 0 Å². The van der Waals surface area contributed by atoms with E-state index in [9.17, 15) is 4.79 Å². The van der Waals surface area contributed by atoms with E-state index in [0.717, 1.165) is 46.6 Å². The number of nitrogens with zero attached hydrogens (tertiary/aromatic N) is 3. The van der Waals surface area contributed by atoms with Gasteiger partial charge in [0.2, 0.25) is 5.95 Å². The number of aromatic nitrogens is 2. The molecule has 1 fully saturated rings. The first-order chi connectivity index (χ1) is 14.6. The lowest BCUT2D eigenvalue weighted by molar-refractivity contribution is 0.0827. The van der Waals surface area contributed by atoms with Gasteiger partial charge in [-0.25, -0.2) is 14.8 Å². The molecule has 1 heterocycles. The number of carbonyl (C=O) groups excluding carboxylic acids is 1. The first kappa shape index (κ1) is 20.6. The summed E-state index contributed by atoms with van der Waals surface area (Å²) in [6.07, 6.45) is 5.35. The van der Waals surface area contributed by atoms with E-state index in [-0.39, 0.29) is 12.1 Å². The summed E-state index contributed by atoms with van der Waals surface area (Å²) in [6.45, 7) is 0.302. The molecule has 1 aliphatic carbocycles. The highest BCUT2D eigenvalue weighted by Gasteiger charge is 2.27. The topological polar surface area (TPSA) is 67.3 Å². The SMILES string of the molecule is CN(C(=O)OCc1ccccc1)C1CCC(Nc2ncc3cc(Br)ccc3n2)CC1. The molecule has 0 radical (unpaired) electrons. The zero-order chi connectivity index (χ0) is 20.9. The fourth-order valence-corrected chi connectivity index (χ4v) is 4.21. The second-order valence-electron chi connectivity index (χ2n) is 7.70. The minimum atomic E-state index is -0.265. The number of anilines is 1. The number of nitrogens with one attached hydrogen (secondary N) is 1. The lowest BCUT2D eigenvalue weighted by Gasteiger charge is -2.34. The highest BCUT2D eigenvalue weighted by molar-refractivity contribution is 9.10. The molecule has 1 aromatic heterocycles. The van der Waals surface area contributed by atoms with Crippen molar-refractivity contribution in [2.24, 2.45) is 0 Å². The fraction of sp³-hybridized carbons (Fsp3) is 0.348. The van der Waals surface area contributed by atoms with Crippen molar-refractivity contribution in [1.82, 2.24) is 14.9 Å². The highest BCUT2D eigenvalue weighted by atomic mass is 79.9. The van der Waals surface area contributed by atoms with Crippen LogP contribution in [0, 0.1) is 0 Å². The standard InChI is InChI=1S/C23H25BrN4O2/c1-28(23(29)30-15-16-5-3-2-4-6-16)20-10-8-19(9-11-20)26-22-25-14-17-13-18(24)7-12-21(17)27-22/h2-7,12-14,19-20H,8-11,15H2,1H3,(H,25,26,27). The molecule has 1 aliphatic rings. The van der Waals surface area contributed by atoms with Gasteiger partial charge >= 0.3 is 6.09 Å². The molecule has 1 amide bonds. The molecule has 0 spiro atoms. The number of halogens is 1. The zero-order valence-corrected chi connectivity index (χ0v) is 18.5. The first-order valence-corrected chi connectivity index (χ1v) is 11.0. The van der Waals surface area contributed by atoms with Crippen molar-refractivity contribution in [3.63, 3.8) is 0 Å². The van der Waals surface area contributed by atoms with E-state index >= 15 is 0 Å². The maximum absolute atomic E-state index is 12.4. The van der Waals surface area contributed by atoms with E-state index in [1.807, 2.05) is 61.8 Å². The minimum absolute atomic E-state index is 0.196. The lowest BCUT2D eigenvalue weighted by atomic mass is 9.90. The van der Waals surface area contributed by atoms with Gasteiger partial charge in [0.25, 0.3) is 0 Å². The molecule has 4 rings (SSSR count). The van der Waals surface area contributed by atoms with Crippen LogP contribution in [0.5, 0.6) is 0 Å². The van der Waals surface area contributed by atoms with Gasteiger partial charge in [-0.05, 0) is 49.4 Å². The quantitative estimate of drug-likeness (QED) is 0.543. The predicted molar refractivity (Wildman–Crippen MR) is 121 cm³/mol. The highest BCUT2D eigenvalue weighted by Crippen LogP contribution is 2.25. The molecule has 0 atom stereocenters. The molecule has 2 aromatic carbocycles. The van der Waals surface area contributed by atoms with Crippen LogP contribution in [0.15, 0.2) is 59.2 Å². The summed E-state index contributed by atoms with van der Waals surface area (Å²) in [7, 11) is 1.83. The Hall–Kier alpha value is -2.67. The maximum atomic E-state index is 12.4. The average Bonchev–Trinajstić information content (AvgIpc) is 2.78. The largest absolute Gasteiger partial charge is 0.445 e. The second-order valence-corrected chi connectivity index (χ2v) is 8.61. The summed E-state index contributed by atoms with van der Waals surface area (Å²) in [5.74, 6) is 0.656. The normalized spacial score (nSPS) is 18.7. The first-order valence-electron chi connectivity index (χ1n) is 10.2. The van der Waals surface area contributed by atoms with E-state index in [2.05, 4.69) is 31.2 Å². The van der Waals surface area contributed by atoms with Gasteiger partial charge in [0.05, 0.1) is 5.52 Å². The van der Waals surface area contributed by atoms with Crippen LogP contribution >= 0.6 is 15.9 Å². The van der Waals surface area contributed by atoms with Crippen LogP contribution in [-0.4, -0.2) is 40.1 Å². The van der Waals surface area contributed by atoms with Crippen molar-refractivity contribution in [1.29, 1.82) is 0 Å². The van der Waals surface area contributed by atoms with Crippen molar-refractivity contribution in [2.75, 3.05) is 12.4 Å². The lowest BCUT2D eigenvalue weighted by Crippen LogP contribution is -2.41. The molecule has 30 heavy (non-hydrogen) atoms. The van der Waals surface area contributed by atoms with Gasteiger partial charge in [-0.3, -0.25) is 0 Å². The number of rotatable bonds is 5. The number of carbonyl (C=O) groups is 1. The van der Waals surface area contributed by atoms with Crippen molar-refractivity contribution in [3.8, 4) is 0 Å². The van der Waals surface area contributed by atoms with Gasteiger partial charge < -0.3 is 15.0 Å². The monoisotopic (exact) mass is 468 g/mol. The molecular formula is C23H25BrN4O2. The van der Waals surface area contributed by atoms with E-state index in [4.69, 9.17) is 4.74 Å². The summed E-state index contributed by atoms with van der Waals surface area (Å²) in [4.78, 5) is 23.2. The van der Waals surface area contributed by atoms with Gasteiger partial charge in [-0.2, -0.15) is 0 Å². The van der Waals surface area contributed by atoms with Crippen LogP contribution in [0.1, 0.15) is 31.2 Å². The summed E-state index contributed by atoms with van der Waals surface area (Å²) < 4.78 is 6.48. The fourth-order valence-electron chi connectivity index (χ4n) is 3.83. The number of fused-ring (bicyclic) bond motifs is 1. The average molecular weight is 469 g/mol. The zero-order valence-electron chi connectivity index (χ0n) is 16.9. The Kier molecular flexibility index (Phi) is 6.47. The van der Waals surface area contributed by atoms with Crippen LogP contribution in [0.25, 0.3) is 10.9 Å². The number of hydrogen-bond donors (Lipinski definition) is 1. The Bertz CT molecular complexity index is 1010. The minimum Gasteiger partial charge on any atom is -0.445 e. The second kappa shape index (κ2) is 9.43. The Labute approximate surface area is 184 Å². The molecule has 0 aliphatic heterocycles. The number of amides is 1. The molecule has 7 heteroatoms. The molecule has 6 nitrogen and oxygen atoms in total. The Morgan fingerprint density at radius 1 is 1.17 bits per heavy atom. The van der Waals surface area contributed by atoms with Gasteiger partial charge in [0.1, 0.15) is 6.61 Å². The number of ether oxygens (including phenoxy) is 1. The van der Waals surface area contributed by atoms with Gasteiger partial charge in [-0.1, -0.05) is 46.3 Å². The predicted octanol–water partition coefficient (Wildman–Crippen LogP) is 5.38. The summed E-state index contributed by atoms with van der Waals surface area (Å²) in [5.41, 5.74) is 1.92. The van der Waals surface area contributed by atoms with Crippen molar-refractivity contribution in [3.05, 3.63) is 64.8 Å². The third-order valence-corrected chi connectivity index (χ3v) is 6.11. The molecular weight excluding hydrogens is 444 g/mol. The van der Waals surface area contributed by atoms with Crippen molar-refractivity contribution in [2.45, 2.75) is 44.4 Å². The third kappa shape index (κ3) is 5.08. The van der Waals surface area contributed by atoms with Crippen LogP contribution in [0.2, 0.25) is 0 Å². The summed E-state index contributed by atoms with van der Waals surface area (Å²) in [6, 6.07) is 16.2. The Morgan fingerprint density at radius 2 is 1.93 bits per heavy atom. The Balaban J connectivity index is 1.27. The molecule has 1 N–H and O–H groups in total. The van der Waals surface area contributed by atoms with Gasteiger partial charge in [0, 0.05) is 35.2 Å². The summed E-state index contributed by atoms with van der Waals surface area (Å²) in [5, 5.41) is 4.46. The van der Waals surface area contributed by atoms with Crippen molar-refractivity contribution >= 4 is 38.9 Å². The summed E-state index contributed by atoms with van der Waals surface area (Å²) >= 11 is 3.47. The third-order valence-electron chi connectivity index (χ3n) is 5.61. The molecule has 0 bridgehead atoms. The van der Waals surface area contributed by atoms with E-state index < -0.39 is 0 Å². The van der Waals surface area contributed by atoms with E-state index in [0.29, 0.717) is 18.6 Å². The van der Waals surface area contributed by atoms with Gasteiger partial charge in [-0.15, -0.1) is 0 Å². The maximum Gasteiger partial charge on any atom is 0.410 e. The van der Waals surface area contributed by atoms with Crippen molar-refractivity contribution < 1.29 is 9.53 Å². The molecule has 0 saturated heterocycles. The smallest absolute Gasteiger partial charge is 0.410 e.